The van der Waals surface area contributed by atoms with E-state index < -0.39 is 39.8 Å². The molecule has 2 aliphatic rings. The molecule has 3 N–H and O–H groups in total. The number of hydrogen-bond donors (Lipinski definition) is 3. The van der Waals surface area contributed by atoms with Gasteiger partial charge in [-0.05, 0) is 31.4 Å². The first-order valence-corrected chi connectivity index (χ1v) is 11.3. The van der Waals surface area contributed by atoms with Gasteiger partial charge in [0.25, 0.3) is 21.9 Å². The van der Waals surface area contributed by atoms with Crippen LogP contribution in [-0.4, -0.2) is 59.8 Å². The van der Waals surface area contributed by atoms with Crippen molar-refractivity contribution in [3.63, 3.8) is 0 Å². The summed E-state index contributed by atoms with van der Waals surface area (Å²) in [7, 11) is -3.94. The van der Waals surface area contributed by atoms with Gasteiger partial charge in [0.2, 0.25) is 11.8 Å². The number of rotatable bonds is 9. The van der Waals surface area contributed by atoms with E-state index in [1.165, 1.54) is 6.07 Å². The fourth-order valence-corrected chi connectivity index (χ4v) is 4.22. The van der Waals surface area contributed by atoms with Crippen molar-refractivity contribution in [2.75, 3.05) is 17.6 Å². The van der Waals surface area contributed by atoms with Gasteiger partial charge in [0.1, 0.15) is 6.04 Å². The molecule has 10 nitrogen and oxygen atoms in total. The summed E-state index contributed by atoms with van der Waals surface area (Å²) in [6.07, 6.45) is 2.60. The van der Waals surface area contributed by atoms with Gasteiger partial charge in [-0.1, -0.05) is 18.9 Å². The van der Waals surface area contributed by atoms with E-state index in [1.807, 2.05) is 0 Å². The van der Waals surface area contributed by atoms with Crippen LogP contribution >= 0.6 is 0 Å². The van der Waals surface area contributed by atoms with E-state index in [0.29, 0.717) is 31.5 Å². The van der Waals surface area contributed by atoms with Crippen LogP contribution in [0.25, 0.3) is 0 Å². The van der Waals surface area contributed by atoms with Crippen LogP contribution < -0.4 is 10.6 Å². The van der Waals surface area contributed by atoms with Crippen molar-refractivity contribution in [3.8, 4) is 0 Å². The van der Waals surface area contributed by atoms with Crippen molar-refractivity contribution < 1.29 is 32.1 Å². The first-order chi connectivity index (χ1) is 14.2. The summed E-state index contributed by atoms with van der Waals surface area (Å²) in [5.41, 5.74) is 0.903. The third-order valence-electron chi connectivity index (χ3n) is 5.11. The number of anilines is 1. The molecule has 0 aromatic heterocycles. The molecular weight excluding hydrogens is 414 g/mol. The Hall–Kier alpha value is -2.79. The number of imide groups is 2. The van der Waals surface area contributed by atoms with Gasteiger partial charge in [-0.25, -0.2) is 0 Å². The van der Waals surface area contributed by atoms with Crippen molar-refractivity contribution in [1.29, 1.82) is 0 Å². The van der Waals surface area contributed by atoms with E-state index in [2.05, 4.69) is 10.6 Å². The maximum atomic E-state index is 12.9. The molecule has 1 fully saturated rings. The van der Waals surface area contributed by atoms with Gasteiger partial charge in [0, 0.05) is 18.7 Å². The lowest BCUT2D eigenvalue weighted by Gasteiger charge is -2.27. The zero-order valence-corrected chi connectivity index (χ0v) is 17.0. The molecule has 30 heavy (non-hydrogen) atoms. The number of nitrogens with one attached hydrogen (secondary N) is 2. The molecule has 1 saturated heterocycles. The van der Waals surface area contributed by atoms with E-state index in [4.69, 9.17) is 4.55 Å². The number of carbonyl (C=O) groups excluding carboxylic acids is 4. The Kier molecular flexibility index (Phi) is 6.52. The van der Waals surface area contributed by atoms with E-state index in [0.717, 1.165) is 11.3 Å². The molecule has 1 unspecified atom stereocenters. The van der Waals surface area contributed by atoms with Crippen LogP contribution in [0.1, 0.15) is 59.2 Å². The number of amides is 4. The van der Waals surface area contributed by atoms with Crippen LogP contribution in [0, 0.1) is 0 Å². The first-order valence-electron chi connectivity index (χ1n) is 9.72. The number of hydrogen-bond acceptors (Lipinski definition) is 7. The summed E-state index contributed by atoms with van der Waals surface area (Å²) in [5.74, 6) is -2.47. The van der Waals surface area contributed by atoms with Crippen LogP contribution in [0.2, 0.25) is 0 Å². The van der Waals surface area contributed by atoms with E-state index in [-0.39, 0.29) is 29.7 Å². The molecule has 1 aromatic carbocycles. The molecule has 0 aliphatic carbocycles. The Morgan fingerprint density at radius 2 is 1.80 bits per heavy atom. The van der Waals surface area contributed by atoms with Gasteiger partial charge in [-0.2, -0.15) is 8.42 Å². The number of piperidine rings is 1. The summed E-state index contributed by atoms with van der Waals surface area (Å²) < 4.78 is 30.1. The number of nitrogens with zero attached hydrogens (tertiary/aromatic N) is 1. The van der Waals surface area contributed by atoms with Crippen LogP contribution in [0.15, 0.2) is 18.2 Å². The summed E-state index contributed by atoms with van der Waals surface area (Å²) in [6, 6.07) is 3.84. The van der Waals surface area contributed by atoms with Crippen molar-refractivity contribution in [2.45, 2.75) is 44.6 Å². The summed E-state index contributed by atoms with van der Waals surface area (Å²) in [5, 5.41) is 5.29. The fraction of sp³-hybridized carbons (Fsp3) is 0.474. The Bertz CT molecular complexity index is 990. The lowest BCUT2D eigenvalue weighted by atomic mass is 10.0. The van der Waals surface area contributed by atoms with Crippen LogP contribution in [-0.2, 0) is 19.7 Å². The van der Waals surface area contributed by atoms with Crippen molar-refractivity contribution >= 4 is 39.4 Å². The lowest BCUT2D eigenvalue weighted by Crippen LogP contribution is -2.54. The van der Waals surface area contributed by atoms with Gasteiger partial charge >= 0.3 is 0 Å². The molecule has 1 aromatic rings. The fourth-order valence-electron chi connectivity index (χ4n) is 3.65. The van der Waals surface area contributed by atoms with Crippen LogP contribution in [0.5, 0.6) is 0 Å². The third kappa shape index (κ3) is 4.85. The molecule has 2 heterocycles. The Balaban J connectivity index is 1.61. The Morgan fingerprint density at radius 3 is 2.50 bits per heavy atom. The zero-order valence-electron chi connectivity index (χ0n) is 16.2. The highest BCUT2D eigenvalue weighted by Crippen LogP contribution is 2.32. The van der Waals surface area contributed by atoms with Crippen LogP contribution in [0.4, 0.5) is 5.69 Å². The maximum absolute atomic E-state index is 12.9. The highest BCUT2D eigenvalue weighted by molar-refractivity contribution is 7.85. The van der Waals surface area contributed by atoms with Gasteiger partial charge < -0.3 is 5.32 Å². The van der Waals surface area contributed by atoms with E-state index in [9.17, 15) is 27.6 Å². The summed E-state index contributed by atoms with van der Waals surface area (Å²) in [6.45, 7) is 0.502. The minimum absolute atomic E-state index is 0.0620. The second-order valence-electron chi connectivity index (χ2n) is 7.30. The average Bonchev–Trinajstić information content (AvgIpc) is 2.92. The molecule has 0 saturated carbocycles. The number of unbranched alkanes of at least 4 members (excludes halogenated alkanes) is 3. The molecular formula is C19H23N3O7S. The molecule has 2 aliphatic heterocycles. The molecule has 4 amide bonds. The normalized spacial score (nSPS) is 19.1. The molecule has 11 heteroatoms. The van der Waals surface area contributed by atoms with E-state index in [1.54, 1.807) is 12.1 Å². The van der Waals surface area contributed by atoms with Crippen molar-refractivity contribution in [1.82, 2.24) is 10.2 Å². The topological polar surface area (TPSA) is 150 Å². The molecule has 3 rings (SSSR count). The Labute approximate surface area is 173 Å². The monoisotopic (exact) mass is 437 g/mol. The molecule has 0 radical (unpaired) electrons. The highest BCUT2D eigenvalue weighted by atomic mass is 32.2. The summed E-state index contributed by atoms with van der Waals surface area (Å²) >= 11 is 0. The highest BCUT2D eigenvalue weighted by Gasteiger charge is 2.45. The summed E-state index contributed by atoms with van der Waals surface area (Å²) in [4.78, 5) is 50.1. The Morgan fingerprint density at radius 1 is 1.07 bits per heavy atom. The largest absolute Gasteiger partial charge is 0.384 e. The zero-order chi connectivity index (χ0) is 21.9. The average molecular weight is 437 g/mol. The first kappa shape index (κ1) is 21.9. The second-order valence-corrected chi connectivity index (χ2v) is 8.87. The standard InChI is InChI=1S/C19H23N3O7S/c23-15-9-8-14(17(24)21-15)22-18(25)12-6-5-7-13(16(12)19(22)26)20-10-3-1-2-4-11-30(27,28)29/h5-7,14,20H,1-4,8-11H2,(H,21,23,24)(H,27,28,29). The van der Waals surface area contributed by atoms with Gasteiger partial charge in [0.05, 0.1) is 16.9 Å². The van der Waals surface area contributed by atoms with E-state index >= 15 is 0 Å². The van der Waals surface area contributed by atoms with Crippen molar-refractivity contribution in [2.24, 2.45) is 0 Å². The number of fused-ring (bicyclic) bond motifs is 1. The SMILES string of the molecule is O=C1CCC(N2C(=O)c3cccc(NCCCCCCS(=O)(=O)O)c3C2=O)C(=O)N1. The van der Waals surface area contributed by atoms with Gasteiger partial charge in [-0.15, -0.1) is 0 Å². The maximum Gasteiger partial charge on any atom is 0.264 e. The molecule has 1 atom stereocenters. The minimum Gasteiger partial charge on any atom is -0.384 e. The predicted molar refractivity (Wildman–Crippen MR) is 106 cm³/mol. The van der Waals surface area contributed by atoms with Crippen LogP contribution in [0.3, 0.4) is 0 Å². The minimum atomic E-state index is -3.94. The lowest BCUT2D eigenvalue weighted by molar-refractivity contribution is -0.136. The quantitative estimate of drug-likeness (QED) is 0.294. The second kappa shape index (κ2) is 8.92. The van der Waals surface area contributed by atoms with Crippen molar-refractivity contribution in [3.05, 3.63) is 29.3 Å². The van der Waals surface area contributed by atoms with Gasteiger partial charge in [0.15, 0.2) is 0 Å². The predicted octanol–water partition coefficient (Wildman–Crippen LogP) is 0.948. The number of benzene rings is 1. The third-order valence-corrected chi connectivity index (χ3v) is 5.92. The van der Waals surface area contributed by atoms with Gasteiger partial charge in [-0.3, -0.25) is 33.9 Å². The molecule has 0 bridgehead atoms. The number of carbonyl (C=O) groups is 4. The smallest absolute Gasteiger partial charge is 0.264 e. The molecule has 0 spiro atoms. The molecule has 162 valence electrons.